The number of anilines is 1. The summed E-state index contributed by atoms with van der Waals surface area (Å²) in [6.07, 6.45) is 0. The molecule has 0 spiro atoms. The van der Waals surface area contributed by atoms with E-state index < -0.39 is 17.2 Å². The third-order valence-electron chi connectivity index (χ3n) is 5.64. The Bertz CT molecular complexity index is 1360. The van der Waals surface area contributed by atoms with Gasteiger partial charge in [0.15, 0.2) is 5.78 Å². The summed E-state index contributed by atoms with van der Waals surface area (Å²) in [7, 11) is 1.59. The molecule has 1 aromatic heterocycles. The van der Waals surface area contributed by atoms with Crippen molar-refractivity contribution in [2.45, 2.75) is 12.8 Å². The van der Waals surface area contributed by atoms with Crippen LogP contribution in [-0.4, -0.2) is 21.9 Å². The van der Waals surface area contributed by atoms with Gasteiger partial charge in [0.05, 0.1) is 17.9 Å². The predicted molar refractivity (Wildman–Crippen MR) is 113 cm³/mol. The quantitative estimate of drug-likeness (QED) is 0.704. The summed E-state index contributed by atoms with van der Waals surface area (Å²) in [5.41, 5.74) is 2.54. The maximum absolute atomic E-state index is 13.4. The van der Waals surface area contributed by atoms with E-state index in [1.807, 2.05) is 49.4 Å². The third kappa shape index (κ3) is 2.48. The molecule has 7 heteroatoms. The lowest BCUT2D eigenvalue weighted by Gasteiger charge is -2.29. The van der Waals surface area contributed by atoms with E-state index in [-0.39, 0.29) is 5.78 Å². The fourth-order valence-corrected chi connectivity index (χ4v) is 4.32. The topological polar surface area (TPSA) is 93.2 Å². The number of ketones is 1. The predicted octanol–water partition coefficient (Wildman–Crippen LogP) is 2.64. The number of nitrogens with zero attached hydrogens (tertiary/aromatic N) is 1. The molecule has 0 bridgehead atoms. The van der Waals surface area contributed by atoms with Crippen LogP contribution >= 0.6 is 0 Å². The van der Waals surface area contributed by atoms with Gasteiger partial charge >= 0.3 is 5.69 Å². The Kier molecular flexibility index (Phi) is 3.99. The van der Waals surface area contributed by atoms with Crippen LogP contribution in [0.3, 0.4) is 0 Å². The number of benzene rings is 2. The number of fused-ring (bicyclic) bond motifs is 3. The first kappa shape index (κ1) is 18.2. The molecule has 150 valence electrons. The van der Waals surface area contributed by atoms with E-state index in [4.69, 9.17) is 4.74 Å². The molecule has 30 heavy (non-hydrogen) atoms. The van der Waals surface area contributed by atoms with Gasteiger partial charge in [-0.25, -0.2) is 4.79 Å². The summed E-state index contributed by atoms with van der Waals surface area (Å²) >= 11 is 0. The highest BCUT2D eigenvalue weighted by molar-refractivity contribution is 6.23. The lowest BCUT2D eigenvalue weighted by atomic mass is 9.81. The third-order valence-corrected chi connectivity index (χ3v) is 5.64. The molecule has 7 nitrogen and oxygen atoms in total. The zero-order valence-electron chi connectivity index (χ0n) is 16.5. The van der Waals surface area contributed by atoms with Crippen molar-refractivity contribution in [3.63, 3.8) is 0 Å². The number of nitrogens with one attached hydrogen (secondary N) is 2. The Morgan fingerprint density at radius 2 is 1.80 bits per heavy atom. The van der Waals surface area contributed by atoms with Crippen LogP contribution in [0.25, 0.3) is 5.70 Å². The smallest absolute Gasteiger partial charge is 0.329 e. The maximum atomic E-state index is 13.4. The zero-order chi connectivity index (χ0) is 21.0. The number of allylic oxidation sites excluding steroid dienone is 1. The highest BCUT2D eigenvalue weighted by atomic mass is 16.5. The lowest BCUT2D eigenvalue weighted by Crippen LogP contribution is -2.37. The number of rotatable bonds is 3. The second-order valence-corrected chi connectivity index (χ2v) is 7.31. The van der Waals surface area contributed by atoms with E-state index in [0.29, 0.717) is 40.6 Å². The molecule has 3 aromatic rings. The van der Waals surface area contributed by atoms with Gasteiger partial charge in [0.1, 0.15) is 11.6 Å². The minimum atomic E-state index is -0.632. The van der Waals surface area contributed by atoms with E-state index in [0.717, 1.165) is 11.1 Å². The molecule has 2 aromatic carbocycles. The SMILES string of the molecule is CCOc1cccc([C@@H]2C3=C(Nc4c2c(=O)[nH]c(=O)n4C)c2ccccc2C3=O)c1. The fourth-order valence-electron chi connectivity index (χ4n) is 4.32. The van der Waals surface area contributed by atoms with Crippen LogP contribution in [0.4, 0.5) is 5.82 Å². The second kappa shape index (κ2) is 6.59. The second-order valence-electron chi connectivity index (χ2n) is 7.31. The molecule has 2 aliphatic rings. The number of aromatic amines is 1. The van der Waals surface area contributed by atoms with Gasteiger partial charge in [-0.3, -0.25) is 19.1 Å². The summed E-state index contributed by atoms with van der Waals surface area (Å²) in [5, 5.41) is 3.21. The molecule has 0 saturated carbocycles. The number of carbonyl (C=O) groups excluding carboxylic acids is 1. The first-order chi connectivity index (χ1) is 14.5. The summed E-state index contributed by atoms with van der Waals surface area (Å²) < 4.78 is 7.01. The van der Waals surface area contributed by atoms with Crippen LogP contribution in [0, 0.1) is 0 Å². The molecule has 2 N–H and O–H groups in total. The lowest BCUT2D eigenvalue weighted by molar-refractivity contribution is 0.103. The van der Waals surface area contributed by atoms with Crippen molar-refractivity contribution in [1.82, 2.24) is 9.55 Å². The highest BCUT2D eigenvalue weighted by Crippen LogP contribution is 2.48. The van der Waals surface area contributed by atoms with Gasteiger partial charge in [-0.15, -0.1) is 0 Å². The van der Waals surface area contributed by atoms with Crippen LogP contribution in [0.15, 0.2) is 63.7 Å². The monoisotopic (exact) mass is 401 g/mol. The van der Waals surface area contributed by atoms with Crippen LogP contribution in [0.5, 0.6) is 5.75 Å². The highest BCUT2D eigenvalue weighted by Gasteiger charge is 2.42. The van der Waals surface area contributed by atoms with E-state index in [9.17, 15) is 14.4 Å². The number of ether oxygens (including phenoxy) is 1. The van der Waals surface area contributed by atoms with Gasteiger partial charge in [0.25, 0.3) is 5.56 Å². The summed E-state index contributed by atoms with van der Waals surface area (Å²) in [6.45, 7) is 2.39. The maximum Gasteiger partial charge on any atom is 0.329 e. The van der Waals surface area contributed by atoms with Gasteiger partial charge < -0.3 is 10.1 Å². The normalized spacial score (nSPS) is 16.6. The molecule has 0 radical (unpaired) electrons. The van der Waals surface area contributed by atoms with Crippen LogP contribution in [0.2, 0.25) is 0 Å². The molecule has 0 fully saturated rings. The molecule has 0 amide bonds. The number of hydrogen-bond acceptors (Lipinski definition) is 5. The largest absolute Gasteiger partial charge is 0.494 e. The minimum Gasteiger partial charge on any atom is -0.494 e. The van der Waals surface area contributed by atoms with Crippen molar-refractivity contribution in [1.29, 1.82) is 0 Å². The Labute approximate surface area is 171 Å². The van der Waals surface area contributed by atoms with E-state index >= 15 is 0 Å². The fraction of sp³-hybridized carbons (Fsp3) is 0.174. The molecule has 5 rings (SSSR count). The summed E-state index contributed by atoms with van der Waals surface area (Å²) in [6, 6.07) is 14.7. The van der Waals surface area contributed by atoms with Crippen molar-refractivity contribution in [2.75, 3.05) is 11.9 Å². The van der Waals surface area contributed by atoms with Crippen LogP contribution < -0.4 is 21.3 Å². The molecular weight excluding hydrogens is 382 g/mol. The molecule has 2 heterocycles. The van der Waals surface area contributed by atoms with E-state index in [1.54, 1.807) is 13.1 Å². The van der Waals surface area contributed by atoms with E-state index in [1.165, 1.54) is 4.57 Å². The van der Waals surface area contributed by atoms with Crippen molar-refractivity contribution in [3.05, 3.63) is 97.2 Å². The van der Waals surface area contributed by atoms with Crippen molar-refractivity contribution < 1.29 is 9.53 Å². The average molecular weight is 401 g/mol. The Morgan fingerprint density at radius 1 is 1.03 bits per heavy atom. The zero-order valence-corrected chi connectivity index (χ0v) is 16.5. The molecule has 1 atom stereocenters. The molecule has 0 saturated heterocycles. The van der Waals surface area contributed by atoms with Crippen molar-refractivity contribution in [3.8, 4) is 5.75 Å². The summed E-state index contributed by atoms with van der Waals surface area (Å²) in [5.74, 6) is 0.283. The average Bonchev–Trinajstić information content (AvgIpc) is 3.03. The van der Waals surface area contributed by atoms with Gasteiger partial charge in [0, 0.05) is 29.7 Å². The van der Waals surface area contributed by atoms with Crippen LogP contribution in [0.1, 0.15) is 39.9 Å². The van der Waals surface area contributed by atoms with Crippen molar-refractivity contribution in [2.24, 2.45) is 7.05 Å². The number of Topliss-reactive ketones (excluding diaryl/α,β-unsaturated/α-hetero) is 1. The number of carbonyl (C=O) groups is 1. The molecule has 1 aliphatic carbocycles. The van der Waals surface area contributed by atoms with Gasteiger partial charge in [0.2, 0.25) is 0 Å². The number of H-pyrrole nitrogens is 1. The first-order valence-electron chi connectivity index (χ1n) is 9.72. The van der Waals surface area contributed by atoms with Gasteiger partial charge in [-0.2, -0.15) is 0 Å². The van der Waals surface area contributed by atoms with E-state index in [2.05, 4.69) is 10.3 Å². The number of aromatic nitrogens is 2. The Morgan fingerprint density at radius 3 is 2.57 bits per heavy atom. The molecule has 1 aliphatic heterocycles. The standard InChI is InChI=1S/C23H19N3O4/c1-3-30-13-8-6-7-12(11-13)16-17-19(14-9-4-5-10-15(14)20(17)27)24-21-18(16)22(28)25-23(29)26(21)2/h4-11,16,24H,3H2,1-2H3,(H,25,28,29)/t16-/m1/s1. The van der Waals surface area contributed by atoms with Crippen molar-refractivity contribution >= 4 is 17.3 Å². The minimum absolute atomic E-state index is 0.126. The van der Waals surface area contributed by atoms with Crippen LogP contribution in [-0.2, 0) is 7.05 Å². The van der Waals surface area contributed by atoms with Gasteiger partial charge in [-0.1, -0.05) is 36.4 Å². The Balaban J connectivity index is 1.83. The molecular formula is C23H19N3O4. The number of hydrogen-bond donors (Lipinski definition) is 2. The molecule has 0 unspecified atom stereocenters. The Hall–Kier alpha value is -3.87. The first-order valence-corrected chi connectivity index (χ1v) is 9.72. The summed E-state index contributed by atoms with van der Waals surface area (Å²) in [4.78, 5) is 40.9. The van der Waals surface area contributed by atoms with Gasteiger partial charge in [-0.05, 0) is 24.6 Å².